The van der Waals surface area contributed by atoms with Gasteiger partial charge in [-0.3, -0.25) is 4.79 Å². The molecule has 1 aliphatic carbocycles. The monoisotopic (exact) mass is 454 g/mol. The lowest BCUT2D eigenvalue weighted by Gasteiger charge is -2.13. The molecule has 2 aromatic rings. The van der Waals surface area contributed by atoms with Crippen LogP contribution < -0.4 is 10.0 Å². The Labute approximate surface area is 166 Å². The van der Waals surface area contributed by atoms with Crippen LogP contribution in [0.5, 0.6) is 0 Å². The first kappa shape index (κ1) is 20.0. The van der Waals surface area contributed by atoms with Crippen LogP contribution >= 0.6 is 15.9 Å². The Bertz CT molecular complexity index is 944. The highest BCUT2D eigenvalue weighted by atomic mass is 79.9. The molecular weight excluding hydrogens is 435 g/mol. The zero-order valence-electron chi connectivity index (χ0n) is 14.5. The van der Waals surface area contributed by atoms with Crippen LogP contribution in [0.2, 0.25) is 0 Å². The summed E-state index contributed by atoms with van der Waals surface area (Å²) in [6.45, 7) is 0.00140. The second-order valence-electron chi connectivity index (χ2n) is 6.55. The standard InChI is InChI=1S/C19H20BrFN2O3S/c20-15-8-9-18(21)14(10-15)12-22-19(24)13-4-3-7-17(11-13)27(25,26)23-16-5-1-2-6-16/h3-4,7-11,16,23H,1-2,5-6,12H2,(H,22,24). The number of amides is 1. The summed E-state index contributed by atoms with van der Waals surface area (Å²) in [7, 11) is -3.68. The molecule has 1 aliphatic rings. The Balaban J connectivity index is 1.70. The summed E-state index contributed by atoms with van der Waals surface area (Å²) in [6, 6.07) is 10.3. The molecule has 0 aliphatic heterocycles. The van der Waals surface area contributed by atoms with Gasteiger partial charge in [0.2, 0.25) is 10.0 Å². The van der Waals surface area contributed by atoms with E-state index in [-0.39, 0.29) is 23.0 Å². The minimum absolute atomic E-state index is 0.00140. The van der Waals surface area contributed by atoms with Crippen LogP contribution in [-0.2, 0) is 16.6 Å². The first-order valence-electron chi connectivity index (χ1n) is 8.70. The van der Waals surface area contributed by atoms with Gasteiger partial charge in [0.05, 0.1) is 4.90 Å². The third-order valence-electron chi connectivity index (χ3n) is 4.53. The largest absolute Gasteiger partial charge is 0.348 e. The van der Waals surface area contributed by atoms with Crippen molar-refractivity contribution in [2.45, 2.75) is 43.2 Å². The molecule has 2 aromatic carbocycles. The van der Waals surface area contributed by atoms with Crippen molar-refractivity contribution in [3.63, 3.8) is 0 Å². The Morgan fingerprint density at radius 2 is 1.89 bits per heavy atom. The van der Waals surface area contributed by atoms with Crippen molar-refractivity contribution >= 4 is 31.9 Å². The highest BCUT2D eigenvalue weighted by Crippen LogP contribution is 2.21. The van der Waals surface area contributed by atoms with Gasteiger partial charge in [-0.2, -0.15) is 0 Å². The van der Waals surface area contributed by atoms with Gasteiger partial charge in [-0.25, -0.2) is 17.5 Å². The minimum atomic E-state index is -3.68. The van der Waals surface area contributed by atoms with E-state index >= 15 is 0 Å². The Kier molecular flexibility index (Phi) is 6.29. The third-order valence-corrected chi connectivity index (χ3v) is 6.54. The van der Waals surface area contributed by atoms with Crippen molar-refractivity contribution in [3.05, 3.63) is 63.9 Å². The van der Waals surface area contributed by atoms with Gasteiger partial charge in [0.1, 0.15) is 5.82 Å². The van der Waals surface area contributed by atoms with E-state index in [1.165, 1.54) is 30.3 Å². The van der Waals surface area contributed by atoms with Crippen LogP contribution in [0.25, 0.3) is 0 Å². The molecule has 2 N–H and O–H groups in total. The maximum atomic E-state index is 13.8. The maximum absolute atomic E-state index is 13.8. The number of rotatable bonds is 6. The van der Waals surface area contributed by atoms with Gasteiger partial charge in [-0.15, -0.1) is 0 Å². The fourth-order valence-electron chi connectivity index (χ4n) is 3.09. The lowest BCUT2D eigenvalue weighted by molar-refractivity contribution is 0.0950. The summed E-state index contributed by atoms with van der Waals surface area (Å²) in [5, 5.41) is 2.62. The zero-order chi connectivity index (χ0) is 19.4. The van der Waals surface area contributed by atoms with Crippen molar-refractivity contribution in [1.82, 2.24) is 10.0 Å². The summed E-state index contributed by atoms with van der Waals surface area (Å²) in [5.41, 5.74) is 0.545. The molecule has 1 fully saturated rings. The number of benzene rings is 2. The normalized spacial score (nSPS) is 15.0. The predicted octanol–water partition coefficient (Wildman–Crippen LogP) is 3.74. The van der Waals surface area contributed by atoms with Gasteiger partial charge in [0.25, 0.3) is 5.91 Å². The number of carbonyl (C=O) groups is 1. The number of hydrogen-bond acceptors (Lipinski definition) is 3. The molecule has 27 heavy (non-hydrogen) atoms. The molecular formula is C19H20BrFN2O3S. The van der Waals surface area contributed by atoms with Crippen molar-refractivity contribution in [2.75, 3.05) is 0 Å². The Morgan fingerprint density at radius 1 is 1.15 bits per heavy atom. The quantitative estimate of drug-likeness (QED) is 0.697. The van der Waals surface area contributed by atoms with E-state index in [9.17, 15) is 17.6 Å². The molecule has 1 amide bonds. The number of halogens is 2. The zero-order valence-corrected chi connectivity index (χ0v) is 16.9. The molecule has 0 heterocycles. The number of hydrogen-bond donors (Lipinski definition) is 2. The Hall–Kier alpha value is -1.77. The topological polar surface area (TPSA) is 75.3 Å². The molecule has 5 nitrogen and oxygen atoms in total. The van der Waals surface area contributed by atoms with Gasteiger partial charge >= 0.3 is 0 Å². The van der Waals surface area contributed by atoms with Crippen LogP contribution in [-0.4, -0.2) is 20.4 Å². The third kappa shape index (κ3) is 5.15. The lowest BCUT2D eigenvalue weighted by Crippen LogP contribution is -2.32. The van der Waals surface area contributed by atoms with E-state index in [4.69, 9.17) is 0 Å². The van der Waals surface area contributed by atoms with Crippen molar-refractivity contribution in [2.24, 2.45) is 0 Å². The van der Waals surface area contributed by atoms with E-state index in [0.717, 1.165) is 25.7 Å². The van der Waals surface area contributed by atoms with Crippen LogP contribution in [0.3, 0.4) is 0 Å². The van der Waals surface area contributed by atoms with E-state index in [2.05, 4.69) is 26.0 Å². The average Bonchev–Trinajstić information content (AvgIpc) is 3.14. The summed E-state index contributed by atoms with van der Waals surface area (Å²) < 4.78 is 42.2. The van der Waals surface area contributed by atoms with Gasteiger partial charge in [0.15, 0.2) is 0 Å². The van der Waals surface area contributed by atoms with Crippen LogP contribution in [0.4, 0.5) is 4.39 Å². The molecule has 0 radical (unpaired) electrons. The SMILES string of the molecule is O=C(NCc1cc(Br)ccc1F)c1cccc(S(=O)(=O)NC2CCCC2)c1. The van der Waals surface area contributed by atoms with Crippen molar-refractivity contribution in [3.8, 4) is 0 Å². The van der Waals surface area contributed by atoms with E-state index < -0.39 is 21.7 Å². The van der Waals surface area contributed by atoms with E-state index in [1.807, 2.05) is 0 Å². The minimum Gasteiger partial charge on any atom is -0.348 e. The lowest BCUT2D eigenvalue weighted by atomic mass is 10.2. The number of sulfonamides is 1. The summed E-state index contributed by atoms with van der Waals surface area (Å²) in [4.78, 5) is 12.4. The molecule has 0 atom stereocenters. The molecule has 0 spiro atoms. The molecule has 0 unspecified atom stereocenters. The van der Waals surface area contributed by atoms with Crippen LogP contribution in [0, 0.1) is 5.82 Å². The summed E-state index contributed by atoms with van der Waals surface area (Å²) in [6.07, 6.45) is 3.69. The smallest absolute Gasteiger partial charge is 0.251 e. The Morgan fingerprint density at radius 3 is 2.63 bits per heavy atom. The number of nitrogens with one attached hydrogen (secondary N) is 2. The van der Waals surface area contributed by atoms with Gasteiger partial charge in [0, 0.05) is 28.2 Å². The summed E-state index contributed by atoms with van der Waals surface area (Å²) in [5.74, 6) is -0.886. The first-order chi connectivity index (χ1) is 12.8. The molecule has 3 rings (SSSR count). The molecule has 8 heteroatoms. The number of carbonyl (C=O) groups excluding carboxylic acids is 1. The molecule has 0 bridgehead atoms. The highest BCUT2D eigenvalue weighted by molar-refractivity contribution is 9.10. The fourth-order valence-corrected chi connectivity index (χ4v) is 4.85. The van der Waals surface area contributed by atoms with Gasteiger partial charge < -0.3 is 5.32 Å². The molecule has 1 saturated carbocycles. The molecule has 0 aromatic heterocycles. The van der Waals surface area contributed by atoms with Crippen molar-refractivity contribution in [1.29, 1.82) is 0 Å². The second kappa shape index (κ2) is 8.50. The van der Waals surface area contributed by atoms with Crippen LogP contribution in [0.15, 0.2) is 51.8 Å². The average molecular weight is 455 g/mol. The van der Waals surface area contributed by atoms with E-state index in [0.29, 0.717) is 10.0 Å². The maximum Gasteiger partial charge on any atom is 0.251 e. The molecule has 0 saturated heterocycles. The fraction of sp³-hybridized carbons (Fsp3) is 0.316. The summed E-state index contributed by atoms with van der Waals surface area (Å²) >= 11 is 3.26. The second-order valence-corrected chi connectivity index (χ2v) is 9.18. The van der Waals surface area contributed by atoms with Gasteiger partial charge in [-0.1, -0.05) is 34.8 Å². The highest BCUT2D eigenvalue weighted by Gasteiger charge is 2.23. The van der Waals surface area contributed by atoms with Crippen molar-refractivity contribution < 1.29 is 17.6 Å². The molecule has 144 valence electrons. The predicted molar refractivity (Wildman–Crippen MR) is 104 cm³/mol. The first-order valence-corrected chi connectivity index (χ1v) is 11.0. The van der Waals surface area contributed by atoms with E-state index in [1.54, 1.807) is 12.1 Å². The van der Waals surface area contributed by atoms with Gasteiger partial charge in [-0.05, 0) is 49.2 Å². The van der Waals surface area contributed by atoms with Crippen LogP contribution in [0.1, 0.15) is 41.6 Å².